The molecule has 0 radical (unpaired) electrons. The summed E-state index contributed by atoms with van der Waals surface area (Å²) in [6.07, 6.45) is 5.02. The minimum atomic E-state index is -0.317. The van der Waals surface area contributed by atoms with Crippen LogP contribution in [-0.4, -0.2) is 25.3 Å². The number of hydrogen-bond donors (Lipinski definition) is 0. The Morgan fingerprint density at radius 1 is 0.479 bits per heavy atom. The van der Waals surface area contributed by atoms with E-state index < -0.39 is 0 Å². The lowest BCUT2D eigenvalue weighted by Gasteiger charge is -2.24. The van der Waals surface area contributed by atoms with Crippen LogP contribution in [0.5, 0.6) is 0 Å². The van der Waals surface area contributed by atoms with Crippen LogP contribution in [0, 0.1) is 0 Å². The monoisotopic (exact) mass is 622 g/mol. The summed E-state index contributed by atoms with van der Waals surface area (Å²) >= 11 is 0. The molecule has 0 N–H and O–H groups in total. The molecule has 0 saturated carbocycles. The van der Waals surface area contributed by atoms with Gasteiger partial charge in [-0.25, -0.2) is 9.36 Å². The van der Waals surface area contributed by atoms with E-state index in [-0.39, 0.29) is 17.6 Å². The number of benzene rings is 6. The number of para-hydroxylation sites is 2. The predicted octanol–water partition coefficient (Wildman–Crippen LogP) is 9.29. The van der Waals surface area contributed by atoms with Crippen LogP contribution in [0.25, 0.3) is 33.2 Å². The highest BCUT2D eigenvalue weighted by Crippen LogP contribution is 2.34. The molecule has 0 aliphatic rings. The van der Waals surface area contributed by atoms with E-state index in [0.29, 0.717) is 12.8 Å². The molecule has 48 heavy (non-hydrogen) atoms. The summed E-state index contributed by atoms with van der Waals surface area (Å²) in [5.41, 5.74) is 8.41. The van der Waals surface area contributed by atoms with Gasteiger partial charge >= 0.3 is 0 Å². The Balaban J connectivity index is 1.13. The van der Waals surface area contributed by atoms with E-state index in [1.807, 2.05) is 94.6 Å². The van der Waals surface area contributed by atoms with E-state index >= 15 is 0 Å². The average Bonchev–Trinajstić information content (AvgIpc) is 3.78. The lowest BCUT2D eigenvalue weighted by atomic mass is 9.78. The molecule has 0 amide bonds. The highest BCUT2D eigenvalue weighted by Gasteiger charge is 2.30. The molecule has 0 spiro atoms. The standard InChI is InChI=1S/C43H34N4O/c48-43(39(33-13-5-1-6-14-33)27-31-21-23-41-35(25-31)29-44-46(41)37-17-9-3-10-18-37)40(34-15-7-2-8-16-34)28-32-22-24-42-36(26-32)30-45-47(42)38-19-11-4-12-20-38/h1-26,29-30,39-40H,27-28H2. The summed E-state index contributed by atoms with van der Waals surface area (Å²) in [4.78, 5) is 14.9. The third-order valence-electron chi connectivity index (χ3n) is 9.24. The van der Waals surface area contributed by atoms with Crippen LogP contribution < -0.4 is 0 Å². The van der Waals surface area contributed by atoms with Crippen LogP contribution in [0.2, 0.25) is 0 Å². The first-order valence-electron chi connectivity index (χ1n) is 16.4. The summed E-state index contributed by atoms with van der Waals surface area (Å²) in [6, 6.07) is 53.7. The Bertz CT molecular complexity index is 2140. The average molecular weight is 623 g/mol. The summed E-state index contributed by atoms with van der Waals surface area (Å²) < 4.78 is 3.93. The normalized spacial score (nSPS) is 12.7. The number of carbonyl (C=O) groups excluding carboxylic acids is 1. The smallest absolute Gasteiger partial charge is 0.148 e. The van der Waals surface area contributed by atoms with E-state index in [1.54, 1.807) is 0 Å². The van der Waals surface area contributed by atoms with Crippen LogP contribution in [0.4, 0.5) is 0 Å². The summed E-state index contributed by atoms with van der Waals surface area (Å²) in [5.74, 6) is -0.419. The van der Waals surface area contributed by atoms with E-state index in [9.17, 15) is 4.79 Å². The fourth-order valence-corrected chi connectivity index (χ4v) is 6.82. The second-order valence-corrected chi connectivity index (χ2v) is 12.3. The minimum absolute atomic E-state index is 0.215. The zero-order valence-electron chi connectivity index (χ0n) is 26.4. The maximum Gasteiger partial charge on any atom is 0.148 e. The van der Waals surface area contributed by atoms with Gasteiger partial charge in [0.15, 0.2) is 0 Å². The molecule has 8 aromatic rings. The molecule has 5 heteroatoms. The molecular weight excluding hydrogens is 589 g/mol. The number of ketones is 1. The summed E-state index contributed by atoms with van der Waals surface area (Å²) in [7, 11) is 0. The fraction of sp³-hybridized carbons (Fsp3) is 0.0930. The number of rotatable bonds is 10. The third kappa shape index (κ3) is 5.82. The second kappa shape index (κ2) is 13.0. The highest BCUT2D eigenvalue weighted by molar-refractivity contribution is 5.93. The van der Waals surface area contributed by atoms with Gasteiger partial charge in [-0.05, 0) is 83.6 Å². The predicted molar refractivity (Wildman–Crippen MR) is 193 cm³/mol. The van der Waals surface area contributed by atoms with Gasteiger partial charge in [0.2, 0.25) is 0 Å². The molecule has 2 unspecified atom stereocenters. The SMILES string of the molecule is O=C(C(Cc1ccc2c(cnn2-c2ccccc2)c1)c1ccccc1)C(Cc1ccc2c(cnn2-c2ccccc2)c1)c1ccccc1. The summed E-state index contributed by atoms with van der Waals surface area (Å²) in [5, 5.41) is 11.5. The molecule has 2 atom stereocenters. The van der Waals surface area contributed by atoms with Crippen molar-refractivity contribution in [2.75, 3.05) is 0 Å². The number of nitrogens with zero attached hydrogens (tertiary/aromatic N) is 4. The molecule has 0 saturated heterocycles. The van der Waals surface area contributed by atoms with Crippen molar-refractivity contribution in [1.82, 2.24) is 19.6 Å². The molecule has 0 aliphatic carbocycles. The van der Waals surface area contributed by atoms with E-state index in [2.05, 4.69) is 95.1 Å². The zero-order chi connectivity index (χ0) is 32.3. The Labute approximate surface area is 279 Å². The van der Waals surface area contributed by atoms with Crippen LogP contribution in [0.1, 0.15) is 34.1 Å². The van der Waals surface area contributed by atoms with Gasteiger partial charge in [-0.2, -0.15) is 10.2 Å². The Morgan fingerprint density at radius 2 is 0.854 bits per heavy atom. The summed E-state index contributed by atoms with van der Waals surface area (Å²) in [6.45, 7) is 0. The molecule has 2 heterocycles. The molecule has 5 nitrogen and oxygen atoms in total. The van der Waals surface area contributed by atoms with Crippen molar-refractivity contribution in [3.05, 3.63) is 192 Å². The van der Waals surface area contributed by atoms with Gasteiger partial charge < -0.3 is 0 Å². The van der Waals surface area contributed by atoms with E-state index in [4.69, 9.17) is 0 Å². The third-order valence-corrected chi connectivity index (χ3v) is 9.24. The number of aromatic nitrogens is 4. The Morgan fingerprint density at radius 3 is 1.25 bits per heavy atom. The minimum Gasteiger partial charge on any atom is -0.298 e. The van der Waals surface area contributed by atoms with E-state index in [1.165, 1.54) is 0 Å². The van der Waals surface area contributed by atoms with Gasteiger partial charge in [0, 0.05) is 22.6 Å². The number of hydrogen-bond acceptors (Lipinski definition) is 3. The van der Waals surface area contributed by atoms with Gasteiger partial charge in [0.1, 0.15) is 5.78 Å². The molecule has 8 rings (SSSR count). The molecule has 0 fully saturated rings. The Hall–Kier alpha value is -6.07. The lowest BCUT2D eigenvalue weighted by Crippen LogP contribution is -2.24. The van der Waals surface area contributed by atoms with Crippen molar-refractivity contribution in [2.24, 2.45) is 0 Å². The molecule has 2 aromatic heterocycles. The molecule has 0 bridgehead atoms. The van der Waals surface area contributed by atoms with Crippen molar-refractivity contribution in [3.8, 4) is 11.4 Å². The molecular formula is C43H34N4O. The van der Waals surface area contributed by atoms with E-state index in [0.717, 1.165) is 55.4 Å². The van der Waals surface area contributed by atoms with Gasteiger partial charge in [0.25, 0.3) is 0 Å². The number of fused-ring (bicyclic) bond motifs is 2. The van der Waals surface area contributed by atoms with Crippen molar-refractivity contribution in [1.29, 1.82) is 0 Å². The molecule has 0 aliphatic heterocycles. The lowest BCUT2D eigenvalue weighted by molar-refractivity contribution is -0.122. The molecule has 232 valence electrons. The number of carbonyl (C=O) groups is 1. The van der Waals surface area contributed by atoms with Crippen LogP contribution in [-0.2, 0) is 17.6 Å². The van der Waals surface area contributed by atoms with Crippen LogP contribution in [0.3, 0.4) is 0 Å². The van der Waals surface area contributed by atoms with Crippen molar-refractivity contribution < 1.29 is 4.79 Å². The van der Waals surface area contributed by atoms with Gasteiger partial charge in [-0.15, -0.1) is 0 Å². The van der Waals surface area contributed by atoms with Crippen molar-refractivity contribution >= 4 is 27.6 Å². The largest absolute Gasteiger partial charge is 0.298 e. The maximum absolute atomic E-state index is 14.9. The van der Waals surface area contributed by atoms with Crippen molar-refractivity contribution in [2.45, 2.75) is 24.7 Å². The fourth-order valence-electron chi connectivity index (χ4n) is 6.82. The van der Waals surface area contributed by atoms with Crippen molar-refractivity contribution in [3.63, 3.8) is 0 Å². The maximum atomic E-state index is 14.9. The van der Waals surface area contributed by atoms with Gasteiger partial charge in [-0.1, -0.05) is 109 Å². The molecule has 6 aromatic carbocycles. The first-order valence-corrected chi connectivity index (χ1v) is 16.4. The van der Waals surface area contributed by atoms with Gasteiger partial charge in [-0.3, -0.25) is 4.79 Å². The first kappa shape index (κ1) is 29.3. The topological polar surface area (TPSA) is 52.7 Å². The quantitative estimate of drug-likeness (QED) is 0.153. The van der Waals surface area contributed by atoms with Gasteiger partial charge in [0.05, 0.1) is 34.8 Å². The second-order valence-electron chi connectivity index (χ2n) is 12.3. The van der Waals surface area contributed by atoms with Crippen LogP contribution >= 0.6 is 0 Å². The Kier molecular flexibility index (Phi) is 7.93. The highest BCUT2D eigenvalue weighted by atomic mass is 16.1. The first-order chi connectivity index (χ1) is 23.7. The van der Waals surface area contributed by atoms with Crippen LogP contribution in [0.15, 0.2) is 170 Å². The zero-order valence-corrected chi connectivity index (χ0v) is 26.4. The number of Topliss-reactive ketones (excluding diaryl/α,β-unsaturated/α-hetero) is 1.